The molecule has 1 N–H and O–H groups in total. The van der Waals surface area contributed by atoms with E-state index in [2.05, 4.69) is 18.0 Å². The van der Waals surface area contributed by atoms with Gasteiger partial charge in [0.2, 0.25) is 5.91 Å². The summed E-state index contributed by atoms with van der Waals surface area (Å²) < 4.78 is 0. The Morgan fingerprint density at radius 3 is 2.62 bits per heavy atom. The molecule has 1 amide bonds. The van der Waals surface area contributed by atoms with Gasteiger partial charge in [-0.15, -0.1) is 0 Å². The highest BCUT2D eigenvalue weighted by molar-refractivity contribution is 5.88. The Kier molecular flexibility index (Phi) is 5.34. The summed E-state index contributed by atoms with van der Waals surface area (Å²) in [5.74, 6) is -0.308. The number of para-hydroxylation sites is 2. The molecule has 1 aromatic heterocycles. The first-order chi connectivity index (χ1) is 14.1. The summed E-state index contributed by atoms with van der Waals surface area (Å²) in [6, 6.07) is 12.9. The molecule has 29 heavy (non-hydrogen) atoms. The monoisotopic (exact) mass is 391 g/mol. The molecular formula is C23H25N3O3. The smallest absolute Gasteiger partial charge is 0.273 e. The number of H-pyrrole nitrogens is 1. The number of aryl methyl sites for hydroxylation is 1. The van der Waals surface area contributed by atoms with Crippen LogP contribution in [0.2, 0.25) is 0 Å². The van der Waals surface area contributed by atoms with Gasteiger partial charge < -0.3 is 9.88 Å². The minimum atomic E-state index is -0.370. The van der Waals surface area contributed by atoms with Crippen molar-refractivity contribution in [1.82, 2.24) is 9.88 Å². The van der Waals surface area contributed by atoms with Crippen LogP contribution in [0.25, 0.3) is 10.9 Å². The second-order valence-electron chi connectivity index (χ2n) is 7.60. The molecule has 1 fully saturated rings. The van der Waals surface area contributed by atoms with Crippen molar-refractivity contribution in [2.24, 2.45) is 0 Å². The van der Waals surface area contributed by atoms with Crippen LogP contribution in [0.15, 0.2) is 48.7 Å². The highest BCUT2D eigenvalue weighted by atomic mass is 16.6. The number of aromatic nitrogens is 1. The standard InChI is InChI=1S/C23H25N3O3/c1-2-16-8-7-10-18-20(15-24-23(16)18)19(14-22(27)25-12-5-6-13-25)17-9-3-4-11-21(17)26(28)29/h3-4,7-11,15,19,24H,2,5-6,12-14H2,1H3/t19-/m0/s1. The van der Waals surface area contributed by atoms with E-state index in [0.717, 1.165) is 48.8 Å². The van der Waals surface area contributed by atoms with Gasteiger partial charge in [-0.3, -0.25) is 14.9 Å². The van der Waals surface area contributed by atoms with E-state index in [9.17, 15) is 14.9 Å². The van der Waals surface area contributed by atoms with Crippen molar-refractivity contribution in [3.8, 4) is 0 Å². The van der Waals surface area contributed by atoms with Gasteiger partial charge in [0.15, 0.2) is 0 Å². The Bertz CT molecular complexity index is 1050. The number of nitro benzene ring substituents is 1. The van der Waals surface area contributed by atoms with Crippen LogP contribution in [0.5, 0.6) is 0 Å². The SMILES string of the molecule is CCc1cccc2c([C@@H](CC(=O)N3CCCC3)c3ccccc3[N+](=O)[O-])c[nH]c12. The lowest BCUT2D eigenvalue weighted by Crippen LogP contribution is -2.29. The van der Waals surface area contributed by atoms with E-state index < -0.39 is 0 Å². The molecule has 3 aromatic rings. The zero-order chi connectivity index (χ0) is 20.4. The number of aromatic amines is 1. The maximum Gasteiger partial charge on any atom is 0.273 e. The van der Waals surface area contributed by atoms with Crippen molar-refractivity contribution in [1.29, 1.82) is 0 Å². The molecule has 2 aromatic carbocycles. The first-order valence-electron chi connectivity index (χ1n) is 10.2. The zero-order valence-electron chi connectivity index (χ0n) is 16.6. The molecule has 0 bridgehead atoms. The van der Waals surface area contributed by atoms with Gasteiger partial charge in [-0.1, -0.05) is 43.3 Å². The largest absolute Gasteiger partial charge is 0.361 e. The predicted octanol–water partition coefficient (Wildman–Crippen LogP) is 4.78. The van der Waals surface area contributed by atoms with Crippen LogP contribution in [0.4, 0.5) is 5.69 Å². The average Bonchev–Trinajstić information content (AvgIpc) is 3.42. The fraction of sp³-hybridized carbons (Fsp3) is 0.348. The molecule has 1 saturated heterocycles. The fourth-order valence-corrected chi connectivity index (χ4v) is 4.43. The van der Waals surface area contributed by atoms with Crippen molar-refractivity contribution in [3.05, 3.63) is 75.5 Å². The molecule has 1 atom stereocenters. The average molecular weight is 391 g/mol. The van der Waals surface area contributed by atoms with Crippen LogP contribution in [-0.4, -0.2) is 33.8 Å². The number of fused-ring (bicyclic) bond motifs is 1. The Balaban J connectivity index is 1.83. The van der Waals surface area contributed by atoms with Crippen LogP contribution in [0.3, 0.4) is 0 Å². The summed E-state index contributed by atoms with van der Waals surface area (Å²) in [5, 5.41) is 12.7. The van der Waals surface area contributed by atoms with E-state index in [0.29, 0.717) is 5.56 Å². The van der Waals surface area contributed by atoms with E-state index >= 15 is 0 Å². The molecule has 0 saturated carbocycles. The zero-order valence-corrected chi connectivity index (χ0v) is 16.6. The molecule has 0 radical (unpaired) electrons. The fourth-order valence-electron chi connectivity index (χ4n) is 4.43. The number of nitro groups is 1. The van der Waals surface area contributed by atoms with Crippen molar-refractivity contribution >= 4 is 22.5 Å². The van der Waals surface area contributed by atoms with E-state index in [1.165, 1.54) is 11.6 Å². The summed E-state index contributed by atoms with van der Waals surface area (Å²) in [6.45, 7) is 3.65. The first-order valence-corrected chi connectivity index (χ1v) is 10.2. The third-order valence-electron chi connectivity index (χ3n) is 5.94. The number of nitrogens with zero attached hydrogens (tertiary/aromatic N) is 2. The second kappa shape index (κ2) is 8.07. The van der Waals surface area contributed by atoms with Gasteiger partial charge in [-0.25, -0.2) is 0 Å². The maximum atomic E-state index is 13.0. The minimum absolute atomic E-state index is 0.0617. The van der Waals surface area contributed by atoms with Crippen molar-refractivity contribution in [3.63, 3.8) is 0 Å². The number of hydrogen-bond acceptors (Lipinski definition) is 3. The van der Waals surface area contributed by atoms with E-state index in [1.54, 1.807) is 12.1 Å². The Labute approximate surface area is 169 Å². The molecule has 0 aliphatic carbocycles. The van der Waals surface area contributed by atoms with Gasteiger partial charge in [0.05, 0.1) is 4.92 Å². The summed E-state index contributed by atoms with van der Waals surface area (Å²) in [4.78, 5) is 29.6. The van der Waals surface area contributed by atoms with Gasteiger partial charge >= 0.3 is 0 Å². The van der Waals surface area contributed by atoms with Crippen molar-refractivity contribution < 1.29 is 9.72 Å². The van der Waals surface area contributed by atoms with Crippen molar-refractivity contribution in [2.45, 2.75) is 38.5 Å². The Morgan fingerprint density at radius 2 is 1.90 bits per heavy atom. The number of amides is 1. The van der Waals surface area contributed by atoms with Crippen LogP contribution >= 0.6 is 0 Å². The normalized spacial score (nSPS) is 15.0. The molecular weight excluding hydrogens is 366 g/mol. The highest BCUT2D eigenvalue weighted by Crippen LogP contribution is 2.38. The maximum absolute atomic E-state index is 13.0. The van der Waals surface area contributed by atoms with Gasteiger partial charge in [-0.2, -0.15) is 0 Å². The van der Waals surface area contributed by atoms with Crippen molar-refractivity contribution in [2.75, 3.05) is 13.1 Å². The summed E-state index contributed by atoms with van der Waals surface area (Å²) >= 11 is 0. The van der Waals surface area contributed by atoms with Gasteiger partial charge in [0.25, 0.3) is 5.69 Å². The molecule has 1 aliphatic rings. The lowest BCUT2D eigenvalue weighted by atomic mass is 9.86. The number of rotatable bonds is 6. The minimum Gasteiger partial charge on any atom is -0.361 e. The molecule has 6 heteroatoms. The number of carbonyl (C=O) groups is 1. The summed E-state index contributed by atoms with van der Waals surface area (Å²) in [7, 11) is 0. The number of likely N-dealkylation sites (tertiary alicyclic amines) is 1. The Hall–Kier alpha value is -3.15. The number of benzene rings is 2. The number of carbonyl (C=O) groups excluding carboxylic acids is 1. The predicted molar refractivity (Wildman–Crippen MR) is 113 cm³/mol. The Morgan fingerprint density at radius 1 is 1.14 bits per heavy atom. The van der Waals surface area contributed by atoms with Gasteiger partial charge in [0, 0.05) is 54.2 Å². The lowest BCUT2D eigenvalue weighted by Gasteiger charge is -2.21. The topological polar surface area (TPSA) is 79.2 Å². The molecule has 150 valence electrons. The summed E-state index contributed by atoms with van der Waals surface area (Å²) in [6.07, 6.45) is 5.08. The molecule has 6 nitrogen and oxygen atoms in total. The van der Waals surface area contributed by atoms with Crippen LogP contribution in [0.1, 0.15) is 48.8 Å². The third-order valence-corrected chi connectivity index (χ3v) is 5.94. The van der Waals surface area contributed by atoms with E-state index in [4.69, 9.17) is 0 Å². The molecule has 0 spiro atoms. The quantitative estimate of drug-likeness (QED) is 0.485. The van der Waals surface area contributed by atoms with Gasteiger partial charge in [-0.05, 0) is 30.4 Å². The first kappa shape index (κ1) is 19.2. The molecule has 0 unspecified atom stereocenters. The summed E-state index contributed by atoms with van der Waals surface area (Å²) in [5.41, 5.74) is 3.83. The van der Waals surface area contributed by atoms with E-state index in [1.807, 2.05) is 29.3 Å². The van der Waals surface area contributed by atoms with Gasteiger partial charge in [0.1, 0.15) is 0 Å². The molecule has 4 rings (SSSR count). The van der Waals surface area contributed by atoms with E-state index in [-0.39, 0.29) is 28.9 Å². The molecule has 2 heterocycles. The van der Waals surface area contributed by atoms with Crippen LogP contribution in [-0.2, 0) is 11.2 Å². The number of nitrogens with one attached hydrogen (secondary N) is 1. The van der Waals surface area contributed by atoms with Crippen LogP contribution < -0.4 is 0 Å². The molecule has 1 aliphatic heterocycles. The highest BCUT2D eigenvalue weighted by Gasteiger charge is 2.30. The number of hydrogen-bond donors (Lipinski definition) is 1. The second-order valence-corrected chi connectivity index (χ2v) is 7.60. The van der Waals surface area contributed by atoms with Crippen LogP contribution in [0, 0.1) is 10.1 Å². The third kappa shape index (κ3) is 3.62. The lowest BCUT2D eigenvalue weighted by molar-refractivity contribution is -0.385.